The summed E-state index contributed by atoms with van der Waals surface area (Å²) in [6.07, 6.45) is -3.84. The fourth-order valence-corrected chi connectivity index (χ4v) is 3.95. The van der Waals surface area contributed by atoms with Crippen molar-refractivity contribution in [3.63, 3.8) is 0 Å². The number of nitrogens with zero attached hydrogens (tertiary/aromatic N) is 3. The Hall–Kier alpha value is 1.49. The molecule has 2 aromatic heterocycles. The van der Waals surface area contributed by atoms with Crippen LogP contribution in [-0.4, -0.2) is 54.7 Å². The predicted molar refractivity (Wildman–Crippen MR) is 76.3 cm³/mol. The summed E-state index contributed by atoms with van der Waals surface area (Å²) in [5.41, 5.74) is -0.606. The molecule has 0 aliphatic carbocycles. The molecule has 3 heterocycles. The van der Waals surface area contributed by atoms with E-state index in [1.807, 2.05) is 0 Å². The van der Waals surface area contributed by atoms with Crippen molar-refractivity contribution in [2.45, 2.75) is 24.5 Å². The maximum absolute atomic E-state index is 11.6. The molecule has 0 spiro atoms. The van der Waals surface area contributed by atoms with Gasteiger partial charge in [0.1, 0.15) is 18.3 Å². The average molecular weight is 494 g/mol. The van der Waals surface area contributed by atoms with E-state index in [1.54, 1.807) is 0 Å². The predicted octanol–water partition coefficient (Wildman–Crippen LogP) is -12.9. The minimum absolute atomic E-state index is 0. The molecule has 3 rings (SSSR count). The van der Waals surface area contributed by atoms with Gasteiger partial charge in [0, 0.05) is 0 Å². The van der Waals surface area contributed by atoms with Crippen molar-refractivity contribution in [1.82, 2.24) is 19.5 Å². The number of aliphatic hydroxyl groups excluding tert-OH is 2. The molecular weight excluding hydrogens is 483 g/mol. The van der Waals surface area contributed by atoms with Gasteiger partial charge in [-0.15, -0.1) is 0 Å². The first-order valence-electron chi connectivity index (χ1n) is 7.09. The number of phosphoric acid groups is 2. The topological polar surface area (TPSA) is 235 Å². The molecule has 0 bridgehead atoms. The molecule has 15 nitrogen and oxygen atoms in total. The van der Waals surface area contributed by atoms with Crippen LogP contribution in [0.5, 0.6) is 0 Å². The molecular formula is C10H11N4Na3O11P2. The number of nitrogens with one attached hydrogen (secondary N) is 1. The Balaban J connectivity index is 0.00000280. The zero-order valence-electron chi connectivity index (χ0n) is 16.0. The van der Waals surface area contributed by atoms with Crippen molar-refractivity contribution in [2.75, 3.05) is 6.61 Å². The zero-order chi connectivity index (χ0) is 20.0. The number of hydrogen-bond donors (Lipinski definition) is 3. The molecule has 0 amide bonds. The molecule has 1 saturated heterocycles. The Bertz CT molecular complexity index is 999. The third-order valence-electron chi connectivity index (χ3n) is 3.57. The molecule has 5 atom stereocenters. The number of fused-ring (bicyclic) bond motifs is 1. The summed E-state index contributed by atoms with van der Waals surface area (Å²) in [6.45, 7) is -0.962. The van der Waals surface area contributed by atoms with Gasteiger partial charge in [-0.1, -0.05) is 0 Å². The summed E-state index contributed by atoms with van der Waals surface area (Å²) in [4.78, 5) is 53.6. The van der Waals surface area contributed by atoms with Crippen LogP contribution in [0.2, 0.25) is 0 Å². The minimum Gasteiger partial charge on any atom is -0.790 e. The molecule has 150 valence electrons. The van der Waals surface area contributed by atoms with E-state index in [4.69, 9.17) is 4.74 Å². The minimum atomic E-state index is -5.87. The van der Waals surface area contributed by atoms with Crippen LogP contribution in [0.4, 0.5) is 0 Å². The Kier molecular flexibility index (Phi) is 12.9. The van der Waals surface area contributed by atoms with E-state index < -0.39 is 52.4 Å². The van der Waals surface area contributed by atoms with Gasteiger partial charge in [-0.05, 0) is 0 Å². The number of aromatic amines is 1. The number of aromatic nitrogens is 4. The molecule has 0 saturated carbocycles. The van der Waals surface area contributed by atoms with Crippen molar-refractivity contribution in [1.29, 1.82) is 0 Å². The van der Waals surface area contributed by atoms with Crippen molar-refractivity contribution in [3.05, 3.63) is 23.0 Å². The molecule has 20 heteroatoms. The second-order valence-electron chi connectivity index (χ2n) is 5.37. The van der Waals surface area contributed by atoms with Gasteiger partial charge >= 0.3 is 88.7 Å². The van der Waals surface area contributed by atoms with Crippen LogP contribution in [0.25, 0.3) is 11.2 Å². The van der Waals surface area contributed by atoms with E-state index in [0.29, 0.717) is 0 Å². The zero-order valence-corrected chi connectivity index (χ0v) is 23.8. The Morgan fingerprint density at radius 2 is 1.80 bits per heavy atom. The van der Waals surface area contributed by atoms with Gasteiger partial charge in [-0.2, -0.15) is 0 Å². The van der Waals surface area contributed by atoms with Crippen molar-refractivity contribution in [3.8, 4) is 0 Å². The van der Waals surface area contributed by atoms with Crippen LogP contribution in [0.3, 0.4) is 0 Å². The van der Waals surface area contributed by atoms with Crippen molar-refractivity contribution < 1.29 is 136 Å². The number of ether oxygens (including phenoxy) is 1. The van der Waals surface area contributed by atoms with E-state index in [1.165, 1.54) is 0 Å². The molecule has 2 aromatic rings. The first kappa shape index (κ1) is 31.5. The summed E-state index contributed by atoms with van der Waals surface area (Å²) in [5, 5.41) is 20.1. The van der Waals surface area contributed by atoms with E-state index >= 15 is 0 Å². The van der Waals surface area contributed by atoms with Crippen LogP contribution in [0.15, 0.2) is 17.4 Å². The van der Waals surface area contributed by atoms with Crippen LogP contribution in [0.1, 0.15) is 6.23 Å². The average Bonchev–Trinajstić information content (AvgIpc) is 3.07. The second-order valence-corrected chi connectivity index (χ2v) is 8.07. The Morgan fingerprint density at radius 1 is 1.17 bits per heavy atom. The van der Waals surface area contributed by atoms with Gasteiger partial charge in [-0.3, -0.25) is 18.2 Å². The van der Waals surface area contributed by atoms with E-state index in [-0.39, 0.29) is 99.8 Å². The third kappa shape index (κ3) is 7.50. The number of aliphatic hydroxyl groups is 2. The van der Waals surface area contributed by atoms with E-state index in [0.717, 1.165) is 17.2 Å². The molecule has 1 aliphatic rings. The first-order valence-corrected chi connectivity index (χ1v) is 10.0. The summed E-state index contributed by atoms with van der Waals surface area (Å²) in [5.74, 6) is 0. The summed E-state index contributed by atoms with van der Waals surface area (Å²) >= 11 is 0. The van der Waals surface area contributed by atoms with E-state index in [9.17, 15) is 38.8 Å². The van der Waals surface area contributed by atoms with Gasteiger partial charge in [-0.25, -0.2) is 9.97 Å². The number of rotatable bonds is 6. The quantitative estimate of drug-likeness (QED) is 0.250. The van der Waals surface area contributed by atoms with Crippen LogP contribution >= 0.6 is 15.6 Å². The number of H-pyrrole nitrogens is 1. The summed E-state index contributed by atoms with van der Waals surface area (Å²) in [7, 11) is -11.4. The molecule has 0 aromatic carbocycles. The van der Waals surface area contributed by atoms with Crippen molar-refractivity contribution in [2.24, 2.45) is 0 Å². The van der Waals surface area contributed by atoms with Gasteiger partial charge in [0.25, 0.3) is 13.4 Å². The fraction of sp³-hybridized carbons (Fsp3) is 0.500. The second kappa shape index (κ2) is 12.3. The summed E-state index contributed by atoms with van der Waals surface area (Å²) < 4.78 is 35.5. The molecule has 3 N–H and O–H groups in total. The standard InChI is InChI=1S/C10H14N4O11P2.3Na/c15-6-4(1-23-27(21,22)25-26(18,19)20)24-10(7(6)16)14-3-13-5-8(14)11-2-12-9(5)17;;;/h2-4,6-7,10,15-16H,1H2,(H,21,22)(H,11,12,17)(H2,18,19,20);;;/q;3*+1/p-3. The maximum Gasteiger partial charge on any atom is 1.00 e. The number of hydrogen-bond acceptors (Lipinski definition) is 13. The van der Waals surface area contributed by atoms with Crippen LogP contribution in [-0.2, 0) is 22.7 Å². The van der Waals surface area contributed by atoms with Gasteiger partial charge < -0.3 is 43.7 Å². The van der Waals surface area contributed by atoms with E-state index in [2.05, 4.69) is 23.8 Å². The van der Waals surface area contributed by atoms with Gasteiger partial charge in [0.05, 0.1) is 27.1 Å². The SMILES string of the molecule is O=c1[nH]cnc2c1ncn2C1OC(COP(=O)([O-])OP(=O)([O-])[O-])C(O)C1O.[Na+].[Na+].[Na+]. The smallest absolute Gasteiger partial charge is 0.790 e. The fourth-order valence-electron chi connectivity index (χ4n) is 2.46. The number of phosphoric ester groups is 1. The largest absolute Gasteiger partial charge is 1.00 e. The Labute approximate surface area is 234 Å². The maximum atomic E-state index is 11.6. The molecule has 1 aliphatic heterocycles. The normalized spacial score (nSPS) is 25.6. The number of imidazole rings is 1. The van der Waals surface area contributed by atoms with Gasteiger partial charge in [0.15, 0.2) is 17.4 Å². The first-order chi connectivity index (χ1) is 12.5. The van der Waals surface area contributed by atoms with Crippen LogP contribution in [0, 0.1) is 0 Å². The Morgan fingerprint density at radius 3 is 2.40 bits per heavy atom. The van der Waals surface area contributed by atoms with Crippen molar-refractivity contribution >= 4 is 26.8 Å². The molecule has 1 fully saturated rings. The van der Waals surface area contributed by atoms with Crippen LogP contribution < -0.4 is 109 Å². The summed E-state index contributed by atoms with van der Waals surface area (Å²) in [6, 6.07) is 0. The van der Waals surface area contributed by atoms with Gasteiger partial charge in [0.2, 0.25) is 0 Å². The molecule has 5 unspecified atom stereocenters. The third-order valence-corrected chi connectivity index (χ3v) is 5.64. The molecule has 30 heavy (non-hydrogen) atoms. The molecule has 0 radical (unpaired) electrons. The monoisotopic (exact) mass is 494 g/mol.